The average molecular weight is 247 g/mol. The lowest BCUT2D eigenvalue weighted by Gasteiger charge is -2.37. The van der Waals surface area contributed by atoms with Crippen LogP contribution in [0.5, 0.6) is 0 Å². The van der Waals surface area contributed by atoms with E-state index in [0.717, 1.165) is 45.7 Å². The van der Waals surface area contributed by atoms with Crippen LogP contribution in [0.4, 0.5) is 0 Å². The van der Waals surface area contributed by atoms with Crippen molar-refractivity contribution in [2.24, 2.45) is 0 Å². The Morgan fingerprint density at radius 1 is 1.11 bits per heavy atom. The zero-order valence-electron chi connectivity index (χ0n) is 11.0. The molecule has 18 heavy (non-hydrogen) atoms. The fourth-order valence-electron chi connectivity index (χ4n) is 2.87. The molecular weight excluding hydrogens is 226 g/mol. The van der Waals surface area contributed by atoms with Crippen molar-refractivity contribution in [3.05, 3.63) is 35.4 Å². The van der Waals surface area contributed by atoms with E-state index in [1.54, 1.807) is 0 Å². The molecule has 0 atom stereocenters. The molecule has 0 unspecified atom stereocenters. The quantitative estimate of drug-likeness (QED) is 0.800. The highest BCUT2D eigenvalue weighted by Crippen LogP contribution is 2.31. The number of piperidine rings is 1. The van der Waals surface area contributed by atoms with Gasteiger partial charge in [-0.3, -0.25) is 4.90 Å². The molecule has 0 aromatic heterocycles. The SMILES string of the molecule is Cc1ccccc1CN1CCC2(CC1)OCCO2. The fourth-order valence-corrected chi connectivity index (χ4v) is 2.87. The Balaban J connectivity index is 1.59. The number of likely N-dealkylation sites (tertiary alicyclic amines) is 1. The van der Waals surface area contributed by atoms with E-state index in [9.17, 15) is 0 Å². The predicted molar refractivity (Wildman–Crippen MR) is 70.3 cm³/mol. The molecule has 2 fully saturated rings. The van der Waals surface area contributed by atoms with Crippen molar-refractivity contribution < 1.29 is 9.47 Å². The van der Waals surface area contributed by atoms with Gasteiger partial charge in [-0.15, -0.1) is 0 Å². The zero-order chi connectivity index (χ0) is 12.4. The van der Waals surface area contributed by atoms with Gasteiger partial charge in [0.1, 0.15) is 0 Å². The van der Waals surface area contributed by atoms with Crippen molar-refractivity contribution in [3.8, 4) is 0 Å². The maximum Gasteiger partial charge on any atom is 0.170 e. The summed E-state index contributed by atoms with van der Waals surface area (Å²) in [5.74, 6) is -0.248. The summed E-state index contributed by atoms with van der Waals surface area (Å²) in [5.41, 5.74) is 2.81. The first-order chi connectivity index (χ1) is 8.77. The lowest BCUT2D eigenvalue weighted by atomic mass is 10.0. The minimum absolute atomic E-state index is 0.248. The van der Waals surface area contributed by atoms with Gasteiger partial charge >= 0.3 is 0 Å². The van der Waals surface area contributed by atoms with E-state index in [-0.39, 0.29) is 5.79 Å². The van der Waals surface area contributed by atoms with Gasteiger partial charge in [0.15, 0.2) is 5.79 Å². The van der Waals surface area contributed by atoms with E-state index in [0.29, 0.717) is 0 Å². The van der Waals surface area contributed by atoms with Crippen molar-refractivity contribution in [1.29, 1.82) is 0 Å². The predicted octanol–water partition coefficient (Wildman–Crippen LogP) is 2.33. The number of aryl methyl sites for hydroxylation is 1. The third kappa shape index (κ3) is 2.44. The molecule has 3 heteroatoms. The van der Waals surface area contributed by atoms with E-state index in [4.69, 9.17) is 9.47 Å². The molecule has 0 aliphatic carbocycles. The van der Waals surface area contributed by atoms with Gasteiger partial charge < -0.3 is 9.47 Å². The van der Waals surface area contributed by atoms with Gasteiger partial charge in [0, 0.05) is 32.5 Å². The van der Waals surface area contributed by atoms with Gasteiger partial charge in [-0.25, -0.2) is 0 Å². The van der Waals surface area contributed by atoms with Crippen LogP contribution in [0, 0.1) is 6.92 Å². The second kappa shape index (κ2) is 5.00. The van der Waals surface area contributed by atoms with Crippen molar-refractivity contribution in [2.75, 3.05) is 26.3 Å². The summed E-state index contributed by atoms with van der Waals surface area (Å²) in [4.78, 5) is 2.50. The van der Waals surface area contributed by atoms with Crippen LogP contribution in [0.15, 0.2) is 24.3 Å². The molecule has 98 valence electrons. The Labute approximate surface area is 109 Å². The highest BCUT2D eigenvalue weighted by Gasteiger charge is 2.39. The molecular formula is C15H21NO2. The van der Waals surface area contributed by atoms with E-state index in [1.807, 2.05) is 0 Å². The van der Waals surface area contributed by atoms with Crippen LogP contribution in [0.1, 0.15) is 24.0 Å². The second-order valence-electron chi connectivity index (χ2n) is 5.31. The third-order valence-corrected chi connectivity index (χ3v) is 4.09. The molecule has 2 aliphatic rings. The van der Waals surface area contributed by atoms with Crippen LogP contribution in [-0.2, 0) is 16.0 Å². The van der Waals surface area contributed by atoms with E-state index in [2.05, 4.69) is 36.1 Å². The molecule has 2 heterocycles. The minimum atomic E-state index is -0.248. The topological polar surface area (TPSA) is 21.7 Å². The first-order valence-corrected chi connectivity index (χ1v) is 6.82. The number of ether oxygens (including phenoxy) is 2. The average Bonchev–Trinajstić information content (AvgIpc) is 2.84. The van der Waals surface area contributed by atoms with Crippen LogP contribution < -0.4 is 0 Å². The number of hydrogen-bond acceptors (Lipinski definition) is 3. The van der Waals surface area contributed by atoms with Gasteiger partial charge in [-0.05, 0) is 18.1 Å². The molecule has 1 aromatic rings. The summed E-state index contributed by atoms with van der Waals surface area (Å²) >= 11 is 0. The van der Waals surface area contributed by atoms with Crippen molar-refractivity contribution in [3.63, 3.8) is 0 Å². The molecule has 3 nitrogen and oxygen atoms in total. The largest absolute Gasteiger partial charge is 0.347 e. The maximum atomic E-state index is 5.75. The lowest BCUT2D eigenvalue weighted by Crippen LogP contribution is -2.44. The van der Waals surface area contributed by atoms with Crippen LogP contribution in [0.25, 0.3) is 0 Å². The van der Waals surface area contributed by atoms with Crippen molar-refractivity contribution >= 4 is 0 Å². The smallest absolute Gasteiger partial charge is 0.170 e. The molecule has 0 bridgehead atoms. The van der Waals surface area contributed by atoms with Gasteiger partial charge in [0.05, 0.1) is 13.2 Å². The van der Waals surface area contributed by atoms with Crippen LogP contribution >= 0.6 is 0 Å². The summed E-state index contributed by atoms with van der Waals surface area (Å²) in [6, 6.07) is 8.63. The van der Waals surface area contributed by atoms with Crippen LogP contribution in [0.2, 0.25) is 0 Å². The molecule has 0 N–H and O–H groups in total. The lowest BCUT2D eigenvalue weighted by molar-refractivity contribution is -0.185. The van der Waals surface area contributed by atoms with Gasteiger partial charge in [-0.2, -0.15) is 0 Å². The Bertz CT molecular complexity index is 403. The number of rotatable bonds is 2. The highest BCUT2D eigenvalue weighted by molar-refractivity contribution is 5.25. The van der Waals surface area contributed by atoms with E-state index >= 15 is 0 Å². The fraction of sp³-hybridized carbons (Fsp3) is 0.600. The maximum absolute atomic E-state index is 5.75. The normalized spacial score (nSPS) is 23.6. The molecule has 2 saturated heterocycles. The number of benzene rings is 1. The molecule has 0 amide bonds. The monoisotopic (exact) mass is 247 g/mol. The van der Waals surface area contributed by atoms with E-state index in [1.165, 1.54) is 11.1 Å². The standard InChI is InChI=1S/C15H21NO2/c1-13-4-2-3-5-14(13)12-16-8-6-15(7-9-16)17-10-11-18-15/h2-5H,6-12H2,1H3. The van der Waals surface area contributed by atoms with Crippen LogP contribution in [0.3, 0.4) is 0 Å². The van der Waals surface area contributed by atoms with Gasteiger partial charge in [0.2, 0.25) is 0 Å². The van der Waals surface area contributed by atoms with Crippen molar-refractivity contribution in [2.45, 2.75) is 32.1 Å². The Morgan fingerprint density at radius 3 is 2.44 bits per heavy atom. The molecule has 2 aliphatic heterocycles. The summed E-state index contributed by atoms with van der Waals surface area (Å²) in [6.45, 7) is 6.88. The summed E-state index contributed by atoms with van der Waals surface area (Å²) in [5, 5.41) is 0. The van der Waals surface area contributed by atoms with E-state index < -0.39 is 0 Å². The molecule has 0 radical (unpaired) electrons. The summed E-state index contributed by atoms with van der Waals surface area (Å²) < 4.78 is 11.5. The van der Waals surface area contributed by atoms with Gasteiger partial charge in [0.25, 0.3) is 0 Å². The number of nitrogens with zero attached hydrogens (tertiary/aromatic N) is 1. The molecule has 1 spiro atoms. The first kappa shape index (κ1) is 12.2. The third-order valence-electron chi connectivity index (χ3n) is 4.09. The summed E-state index contributed by atoms with van der Waals surface area (Å²) in [7, 11) is 0. The Hall–Kier alpha value is -0.900. The molecule has 3 rings (SSSR count). The summed E-state index contributed by atoms with van der Waals surface area (Å²) in [6.07, 6.45) is 2.00. The van der Waals surface area contributed by atoms with Crippen LogP contribution in [-0.4, -0.2) is 37.0 Å². The molecule has 0 saturated carbocycles. The highest BCUT2D eigenvalue weighted by atomic mass is 16.7. The molecule has 1 aromatic carbocycles. The van der Waals surface area contributed by atoms with Crippen molar-refractivity contribution in [1.82, 2.24) is 4.90 Å². The van der Waals surface area contributed by atoms with Gasteiger partial charge in [-0.1, -0.05) is 24.3 Å². The second-order valence-corrected chi connectivity index (χ2v) is 5.31. The Kier molecular flexibility index (Phi) is 3.37. The number of hydrogen-bond donors (Lipinski definition) is 0. The Morgan fingerprint density at radius 2 is 1.78 bits per heavy atom. The minimum Gasteiger partial charge on any atom is -0.347 e. The zero-order valence-corrected chi connectivity index (χ0v) is 11.0. The first-order valence-electron chi connectivity index (χ1n) is 6.82.